The predicted octanol–water partition coefficient (Wildman–Crippen LogP) is 4.11. The average Bonchev–Trinajstić information content (AvgIpc) is 2.99. The Balaban J connectivity index is 1.45. The Hall–Kier alpha value is -1.66. The highest BCUT2D eigenvalue weighted by molar-refractivity contribution is 5.73. The summed E-state index contributed by atoms with van der Waals surface area (Å²) < 4.78 is 26.4. The SMILES string of the molecule is CCOC1CCC(C)(N2CCC(n3c(=O)oc4ccc(F)cc43)CC2)CC1. The van der Waals surface area contributed by atoms with Gasteiger partial charge in [-0.05, 0) is 64.5 Å². The van der Waals surface area contributed by atoms with Crippen molar-refractivity contribution >= 4 is 11.1 Å². The molecule has 6 heteroatoms. The van der Waals surface area contributed by atoms with Crippen LogP contribution in [0.1, 0.15) is 58.4 Å². The maximum Gasteiger partial charge on any atom is 0.420 e. The van der Waals surface area contributed by atoms with Gasteiger partial charge in [0.2, 0.25) is 0 Å². The molecule has 0 amide bonds. The molecule has 0 radical (unpaired) electrons. The van der Waals surface area contributed by atoms with Gasteiger partial charge in [-0.2, -0.15) is 0 Å². The lowest BCUT2D eigenvalue weighted by atomic mass is 9.79. The molecule has 27 heavy (non-hydrogen) atoms. The van der Waals surface area contributed by atoms with Crippen LogP contribution in [-0.2, 0) is 4.74 Å². The Labute approximate surface area is 159 Å². The number of hydrogen-bond donors (Lipinski definition) is 0. The van der Waals surface area contributed by atoms with Crippen LogP contribution < -0.4 is 5.76 Å². The average molecular weight is 376 g/mol. The fraction of sp³-hybridized carbons (Fsp3) is 0.667. The number of halogens is 1. The highest BCUT2D eigenvalue weighted by atomic mass is 19.1. The number of fused-ring (bicyclic) bond motifs is 1. The minimum Gasteiger partial charge on any atom is -0.408 e. The molecule has 4 rings (SSSR count). The second-order valence-corrected chi connectivity index (χ2v) is 8.22. The fourth-order valence-corrected chi connectivity index (χ4v) is 4.95. The normalized spacial score (nSPS) is 28.0. The molecule has 1 saturated carbocycles. The quantitative estimate of drug-likeness (QED) is 0.806. The third-order valence-corrected chi connectivity index (χ3v) is 6.58. The van der Waals surface area contributed by atoms with Crippen molar-refractivity contribution in [3.8, 4) is 0 Å². The number of piperidine rings is 1. The lowest BCUT2D eigenvalue weighted by Crippen LogP contribution is -2.52. The Bertz CT molecular complexity index is 843. The van der Waals surface area contributed by atoms with Crippen molar-refractivity contribution in [1.82, 2.24) is 9.47 Å². The van der Waals surface area contributed by atoms with Crippen LogP contribution in [0.2, 0.25) is 0 Å². The molecule has 1 aliphatic carbocycles. The summed E-state index contributed by atoms with van der Waals surface area (Å²) in [6.45, 7) is 7.13. The molecule has 2 aromatic rings. The van der Waals surface area contributed by atoms with Crippen molar-refractivity contribution < 1.29 is 13.5 Å². The van der Waals surface area contributed by atoms with E-state index in [0.29, 0.717) is 17.2 Å². The number of nitrogens with zero attached hydrogens (tertiary/aromatic N) is 2. The number of likely N-dealkylation sites (tertiary alicyclic amines) is 1. The van der Waals surface area contributed by atoms with Crippen molar-refractivity contribution in [2.45, 2.75) is 70.1 Å². The van der Waals surface area contributed by atoms with Crippen LogP contribution >= 0.6 is 0 Å². The van der Waals surface area contributed by atoms with E-state index in [1.807, 2.05) is 0 Å². The monoisotopic (exact) mass is 376 g/mol. The van der Waals surface area contributed by atoms with Crippen LogP contribution in [0.25, 0.3) is 11.1 Å². The summed E-state index contributed by atoms with van der Waals surface area (Å²) in [4.78, 5) is 14.9. The number of hydrogen-bond acceptors (Lipinski definition) is 4. The maximum atomic E-state index is 13.7. The van der Waals surface area contributed by atoms with Crippen molar-refractivity contribution in [2.24, 2.45) is 0 Å². The molecule has 0 bridgehead atoms. The number of oxazole rings is 1. The second kappa shape index (κ2) is 7.40. The zero-order valence-corrected chi connectivity index (χ0v) is 16.2. The van der Waals surface area contributed by atoms with Crippen LogP contribution in [0.15, 0.2) is 27.4 Å². The van der Waals surface area contributed by atoms with Gasteiger partial charge < -0.3 is 9.15 Å². The van der Waals surface area contributed by atoms with E-state index in [-0.39, 0.29) is 23.2 Å². The first-order valence-corrected chi connectivity index (χ1v) is 10.2. The van der Waals surface area contributed by atoms with Gasteiger partial charge in [0.25, 0.3) is 0 Å². The smallest absolute Gasteiger partial charge is 0.408 e. The van der Waals surface area contributed by atoms with E-state index in [1.54, 1.807) is 4.57 Å². The van der Waals surface area contributed by atoms with E-state index in [1.165, 1.54) is 18.2 Å². The Kier molecular flexibility index (Phi) is 5.12. The van der Waals surface area contributed by atoms with Gasteiger partial charge in [0.1, 0.15) is 5.82 Å². The molecule has 0 unspecified atom stereocenters. The third-order valence-electron chi connectivity index (χ3n) is 6.58. The molecular formula is C21H29FN2O3. The Morgan fingerprint density at radius 2 is 1.93 bits per heavy atom. The summed E-state index contributed by atoms with van der Waals surface area (Å²) in [6.07, 6.45) is 6.73. The summed E-state index contributed by atoms with van der Waals surface area (Å²) in [5, 5.41) is 0. The lowest BCUT2D eigenvalue weighted by Gasteiger charge is -2.48. The van der Waals surface area contributed by atoms with E-state index in [4.69, 9.17) is 9.15 Å². The lowest BCUT2D eigenvalue weighted by molar-refractivity contribution is -0.0274. The van der Waals surface area contributed by atoms with E-state index in [0.717, 1.165) is 58.2 Å². The first-order valence-electron chi connectivity index (χ1n) is 10.2. The van der Waals surface area contributed by atoms with Crippen molar-refractivity contribution in [2.75, 3.05) is 19.7 Å². The zero-order valence-electron chi connectivity index (χ0n) is 16.2. The summed E-state index contributed by atoms with van der Waals surface area (Å²) in [6, 6.07) is 4.34. The van der Waals surface area contributed by atoms with Crippen LogP contribution in [0.3, 0.4) is 0 Å². The first-order chi connectivity index (χ1) is 13.0. The van der Waals surface area contributed by atoms with Crippen LogP contribution in [-0.4, -0.2) is 40.8 Å². The van der Waals surface area contributed by atoms with Crippen molar-refractivity contribution in [3.63, 3.8) is 0 Å². The molecule has 2 aliphatic rings. The molecule has 1 aromatic carbocycles. The summed E-state index contributed by atoms with van der Waals surface area (Å²) in [7, 11) is 0. The van der Waals surface area contributed by atoms with Gasteiger partial charge in [-0.3, -0.25) is 9.47 Å². The molecule has 1 aliphatic heterocycles. The molecule has 2 heterocycles. The molecule has 1 saturated heterocycles. The number of benzene rings is 1. The Morgan fingerprint density at radius 1 is 1.22 bits per heavy atom. The van der Waals surface area contributed by atoms with E-state index < -0.39 is 0 Å². The number of rotatable bonds is 4. The van der Waals surface area contributed by atoms with Gasteiger partial charge in [0.05, 0.1) is 11.6 Å². The number of aromatic nitrogens is 1. The van der Waals surface area contributed by atoms with E-state index in [2.05, 4.69) is 18.7 Å². The standard InChI is InChI=1S/C21H29FN2O3/c1-3-26-17-6-10-21(2,11-7-17)23-12-8-16(9-13-23)24-18-14-15(22)4-5-19(18)27-20(24)25/h4-5,14,16-17H,3,6-13H2,1-2H3. The van der Waals surface area contributed by atoms with E-state index >= 15 is 0 Å². The molecule has 0 N–H and O–H groups in total. The van der Waals surface area contributed by atoms with Gasteiger partial charge in [0, 0.05) is 37.3 Å². The van der Waals surface area contributed by atoms with Crippen LogP contribution in [0.5, 0.6) is 0 Å². The predicted molar refractivity (Wildman–Crippen MR) is 103 cm³/mol. The molecule has 148 valence electrons. The second-order valence-electron chi connectivity index (χ2n) is 8.22. The third kappa shape index (κ3) is 3.57. The Morgan fingerprint density at radius 3 is 2.59 bits per heavy atom. The fourth-order valence-electron chi connectivity index (χ4n) is 4.95. The molecule has 0 spiro atoms. The molecule has 5 nitrogen and oxygen atoms in total. The van der Waals surface area contributed by atoms with Gasteiger partial charge in [-0.1, -0.05) is 0 Å². The minimum atomic E-state index is -0.377. The maximum absolute atomic E-state index is 13.7. The molecule has 2 fully saturated rings. The topological polar surface area (TPSA) is 47.6 Å². The van der Waals surface area contributed by atoms with Gasteiger partial charge in [-0.15, -0.1) is 0 Å². The van der Waals surface area contributed by atoms with Crippen LogP contribution in [0, 0.1) is 5.82 Å². The van der Waals surface area contributed by atoms with Crippen LogP contribution in [0.4, 0.5) is 4.39 Å². The highest BCUT2D eigenvalue weighted by Crippen LogP contribution is 2.38. The zero-order chi connectivity index (χ0) is 19.0. The van der Waals surface area contributed by atoms with E-state index in [9.17, 15) is 9.18 Å². The molecular weight excluding hydrogens is 347 g/mol. The first kappa shape index (κ1) is 18.7. The summed E-state index contributed by atoms with van der Waals surface area (Å²) in [5.74, 6) is -0.717. The molecule has 0 atom stereocenters. The minimum absolute atomic E-state index is 0.0696. The number of ether oxygens (including phenoxy) is 1. The van der Waals surface area contributed by atoms with Crippen molar-refractivity contribution in [3.05, 3.63) is 34.6 Å². The van der Waals surface area contributed by atoms with Gasteiger partial charge in [0.15, 0.2) is 5.58 Å². The van der Waals surface area contributed by atoms with Gasteiger partial charge in [-0.25, -0.2) is 9.18 Å². The van der Waals surface area contributed by atoms with Crippen molar-refractivity contribution in [1.29, 1.82) is 0 Å². The van der Waals surface area contributed by atoms with Gasteiger partial charge >= 0.3 is 5.76 Å². The molecule has 1 aromatic heterocycles. The summed E-state index contributed by atoms with van der Waals surface area (Å²) in [5.41, 5.74) is 1.25. The largest absolute Gasteiger partial charge is 0.420 e. The summed E-state index contributed by atoms with van der Waals surface area (Å²) >= 11 is 0. The highest BCUT2D eigenvalue weighted by Gasteiger charge is 2.38.